The fraction of sp³-hybridized carbons (Fsp3) is 0.900. The van der Waals surface area contributed by atoms with E-state index >= 15 is 0 Å². The number of unbranched alkanes of at least 4 members (excludes halogenated alkanes) is 1. The second-order valence-corrected chi connectivity index (χ2v) is 3.92. The average Bonchev–Trinajstić information content (AvgIpc) is 2.08. The maximum Gasteiger partial charge on any atom is 0.0905 e. The van der Waals surface area contributed by atoms with E-state index in [9.17, 15) is 0 Å². The molecule has 4 heteroatoms. The molecule has 0 amide bonds. The van der Waals surface area contributed by atoms with Crippen LogP contribution < -0.4 is 5.73 Å². The lowest BCUT2D eigenvalue weighted by Gasteiger charge is -2.17. The van der Waals surface area contributed by atoms with Gasteiger partial charge in [-0.3, -0.25) is 5.41 Å². The molecule has 0 heterocycles. The van der Waals surface area contributed by atoms with Crippen LogP contribution in [0.1, 0.15) is 32.6 Å². The third kappa shape index (κ3) is 9.48. The molecule has 0 aromatic carbocycles. The number of nitrogens with zero attached hydrogens (tertiary/aromatic N) is 1. The van der Waals surface area contributed by atoms with Crippen LogP contribution in [0.5, 0.6) is 0 Å². The van der Waals surface area contributed by atoms with Gasteiger partial charge in [-0.15, -0.1) is 0 Å². The molecular formula is C10H23N3O. The maximum absolute atomic E-state index is 9.07. The first kappa shape index (κ1) is 13.4. The van der Waals surface area contributed by atoms with E-state index in [1.165, 1.54) is 0 Å². The van der Waals surface area contributed by atoms with Gasteiger partial charge in [0.1, 0.15) is 0 Å². The van der Waals surface area contributed by atoms with E-state index < -0.39 is 0 Å². The van der Waals surface area contributed by atoms with Crippen molar-refractivity contribution in [2.75, 3.05) is 20.1 Å². The molecule has 14 heavy (non-hydrogen) atoms. The number of nitrogens with one attached hydrogen (secondary N) is 1. The van der Waals surface area contributed by atoms with Crippen LogP contribution in [0.15, 0.2) is 0 Å². The van der Waals surface area contributed by atoms with Crippen molar-refractivity contribution in [3.63, 3.8) is 0 Å². The lowest BCUT2D eigenvalue weighted by atomic mass is 10.2. The summed E-state index contributed by atoms with van der Waals surface area (Å²) in [5.41, 5.74) is 5.24. The fourth-order valence-corrected chi connectivity index (χ4v) is 1.22. The minimum atomic E-state index is -0.213. The zero-order chi connectivity index (χ0) is 11.0. The zero-order valence-electron chi connectivity index (χ0n) is 9.29. The molecule has 1 atom stereocenters. The summed E-state index contributed by atoms with van der Waals surface area (Å²) in [6.45, 7) is 3.75. The molecule has 0 aromatic heterocycles. The first-order chi connectivity index (χ1) is 6.52. The van der Waals surface area contributed by atoms with Crippen molar-refractivity contribution in [1.29, 1.82) is 5.41 Å². The van der Waals surface area contributed by atoms with Crippen molar-refractivity contribution in [2.24, 2.45) is 5.73 Å². The molecule has 0 aliphatic carbocycles. The summed E-state index contributed by atoms with van der Waals surface area (Å²) >= 11 is 0. The van der Waals surface area contributed by atoms with E-state index in [4.69, 9.17) is 16.2 Å². The highest BCUT2D eigenvalue weighted by Gasteiger charge is 2.01. The summed E-state index contributed by atoms with van der Waals surface area (Å²) in [6.07, 6.45) is 3.35. The molecule has 0 aliphatic heterocycles. The third-order valence-electron chi connectivity index (χ3n) is 2.16. The number of hydrogen-bond donors (Lipinski definition) is 3. The summed E-state index contributed by atoms with van der Waals surface area (Å²) in [7, 11) is 2.05. The molecule has 0 radical (unpaired) electrons. The second kappa shape index (κ2) is 7.76. The fourth-order valence-electron chi connectivity index (χ4n) is 1.22. The molecule has 0 bridgehead atoms. The summed E-state index contributed by atoms with van der Waals surface area (Å²) in [6, 6.07) is 0. The van der Waals surface area contributed by atoms with Gasteiger partial charge in [0.2, 0.25) is 0 Å². The second-order valence-electron chi connectivity index (χ2n) is 3.92. The van der Waals surface area contributed by atoms with Gasteiger partial charge in [-0.1, -0.05) is 0 Å². The van der Waals surface area contributed by atoms with Crippen LogP contribution in [0, 0.1) is 5.41 Å². The summed E-state index contributed by atoms with van der Waals surface area (Å²) in [5.74, 6) is 0.275. The van der Waals surface area contributed by atoms with Crippen molar-refractivity contribution in [3.05, 3.63) is 0 Å². The largest absolute Gasteiger partial charge is 0.393 e. The lowest BCUT2D eigenvalue weighted by molar-refractivity contribution is 0.164. The Morgan fingerprint density at radius 3 is 2.57 bits per heavy atom. The summed E-state index contributed by atoms with van der Waals surface area (Å²) < 4.78 is 0. The molecule has 1 unspecified atom stereocenters. The van der Waals surface area contributed by atoms with Crippen LogP contribution in [0.3, 0.4) is 0 Å². The Bertz CT molecular complexity index is 159. The number of hydrogen-bond acceptors (Lipinski definition) is 3. The van der Waals surface area contributed by atoms with Gasteiger partial charge in [0, 0.05) is 13.0 Å². The van der Waals surface area contributed by atoms with Gasteiger partial charge < -0.3 is 15.7 Å². The van der Waals surface area contributed by atoms with E-state index in [-0.39, 0.29) is 11.9 Å². The third-order valence-corrected chi connectivity index (χ3v) is 2.16. The van der Waals surface area contributed by atoms with Gasteiger partial charge in [0.25, 0.3) is 0 Å². The van der Waals surface area contributed by atoms with E-state index in [0.29, 0.717) is 6.42 Å². The Hall–Kier alpha value is -0.610. The van der Waals surface area contributed by atoms with E-state index in [0.717, 1.165) is 32.4 Å². The van der Waals surface area contributed by atoms with Crippen LogP contribution in [0.4, 0.5) is 0 Å². The SMILES string of the molecule is CC(O)CCN(C)CCCCC(=N)N. The van der Waals surface area contributed by atoms with Crippen molar-refractivity contribution < 1.29 is 5.11 Å². The molecule has 0 spiro atoms. The molecule has 0 rings (SSSR count). The van der Waals surface area contributed by atoms with Crippen LogP contribution in [-0.2, 0) is 0 Å². The van der Waals surface area contributed by atoms with Crippen LogP contribution in [0.2, 0.25) is 0 Å². The van der Waals surface area contributed by atoms with Crippen molar-refractivity contribution in [2.45, 2.75) is 38.7 Å². The molecular weight excluding hydrogens is 178 g/mol. The quantitative estimate of drug-likeness (QED) is 0.309. The minimum absolute atomic E-state index is 0.213. The number of aliphatic hydroxyl groups excluding tert-OH is 1. The highest BCUT2D eigenvalue weighted by Crippen LogP contribution is 1.99. The van der Waals surface area contributed by atoms with Gasteiger partial charge in [-0.2, -0.15) is 0 Å². The van der Waals surface area contributed by atoms with Crippen molar-refractivity contribution >= 4 is 5.84 Å². The Kier molecular flexibility index (Phi) is 7.42. The van der Waals surface area contributed by atoms with Crippen LogP contribution >= 0.6 is 0 Å². The van der Waals surface area contributed by atoms with Gasteiger partial charge in [-0.05, 0) is 39.8 Å². The Morgan fingerprint density at radius 2 is 2.07 bits per heavy atom. The normalized spacial score (nSPS) is 13.1. The molecule has 0 aromatic rings. The highest BCUT2D eigenvalue weighted by molar-refractivity contribution is 5.76. The Morgan fingerprint density at radius 1 is 1.43 bits per heavy atom. The molecule has 0 fully saturated rings. The van der Waals surface area contributed by atoms with E-state index in [1.807, 2.05) is 6.92 Å². The molecule has 4 nitrogen and oxygen atoms in total. The van der Waals surface area contributed by atoms with E-state index in [2.05, 4.69) is 11.9 Å². The standard InChI is InChI=1S/C10H23N3O/c1-9(14)6-8-13(2)7-4-3-5-10(11)12/h9,14H,3-8H2,1-2H3,(H3,11,12). The first-order valence-corrected chi connectivity index (χ1v) is 5.22. The van der Waals surface area contributed by atoms with Gasteiger partial charge >= 0.3 is 0 Å². The first-order valence-electron chi connectivity index (χ1n) is 5.22. The summed E-state index contributed by atoms with van der Waals surface area (Å²) in [4.78, 5) is 2.20. The number of nitrogens with two attached hydrogens (primary N) is 1. The van der Waals surface area contributed by atoms with Crippen LogP contribution in [-0.4, -0.2) is 42.1 Å². The van der Waals surface area contributed by atoms with Crippen molar-refractivity contribution in [3.8, 4) is 0 Å². The minimum Gasteiger partial charge on any atom is -0.393 e. The smallest absolute Gasteiger partial charge is 0.0905 e. The van der Waals surface area contributed by atoms with Gasteiger partial charge in [0.05, 0.1) is 11.9 Å². The molecule has 0 saturated carbocycles. The van der Waals surface area contributed by atoms with Gasteiger partial charge in [0.15, 0.2) is 0 Å². The topological polar surface area (TPSA) is 73.3 Å². The molecule has 0 saturated heterocycles. The lowest BCUT2D eigenvalue weighted by Crippen LogP contribution is -2.23. The predicted octanol–water partition coefficient (Wildman–Crippen LogP) is 0.795. The number of amidine groups is 1. The monoisotopic (exact) mass is 201 g/mol. The molecule has 0 aliphatic rings. The Balaban J connectivity index is 3.26. The number of rotatable bonds is 8. The van der Waals surface area contributed by atoms with Crippen LogP contribution in [0.25, 0.3) is 0 Å². The Labute approximate surface area is 86.6 Å². The average molecular weight is 201 g/mol. The maximum atomic E-state index is 9.07. The van der Waals surface area contributed by atoms with E-state index in [1.54, 1.807) is 0 Å². The van der Waals surface area contributed by atoms with Crippen molar-refractivity contribution in [1.82, 2.24) is 4.90 Å². The zero-order valence-corrected chi connectivity index (χ0v) is 9.29. The highest BCUT2D eigenvalue weighted by atomic mass is 16.3. The van der Waals surface area contributed by atoms with Gasteiger partial charge in [-0.25, -0.2) is 0 Å². The number of aliphatic hydroxyl groups is 1. The molecule has 84 valence electrons. The predicted molar refractivity (Wildman–Crippen MR) is 59.6 cm³/mol. The molecule has 4 N–H and O–H groups in total. The summed E-state index contributed by atoms with van der Waals surface area (Å²) in [5, 5.41) is 16.1.